The van der Waals surface area contributed by atoms with E-state index in [2.05, 4.69) is 15.1 Å². The highest BCUT2D eigenvalue weighted by molar-refractivity contribution is 6.30. The van der Waals surface area contributed by atoms with Crippen LogP contribution in [0.2, 0.25) is 5.02 Å². The number of anilines is 2. The molecule has 0 saturated carbocycles. The quantitative estimate of drug-likeness (QED) is 0.685. The van der Waals surface area contributed by atoms with E-state index >= 15 is 0 Å². The number of rotatable bonds is 4. The van der Waals surface area contributed by atoms with Crippen LogP contribution >= 0.6 is 11.6 Å². The molecule has 0 radical (unpaired) electrons. The molecule has 2 aromatic carbocycles. The van der Waals surface area contributed by atoms with Crippen molar-refractivity contribution in [2.45, 2.75) is 0 Å². The van der Waals surface area contributed by atoms with Gasteiger partial charge < -0.3 is 14.6 Å². The summed E-state index contributed by atoms with van der Waals surface area (Å²) in [7, 11) is 0. The van der Waals surface area contributed by atoms with E-state index in [0.717, 1.165) is 37.3 Å². The second kappa shape index (κ2) is 8.04. The zero-order chi connectivity index (χ0) is 19.5. The number of halogens is 1. The first-order valence-electron chi connectivity index (χ1n) is 9.14. The molecule has 0 aliphatic carbocycles. The first-order valence-corrected chi connectivity index (χ1v) is 9.52. The van der Waals surface area contributed by atoms with E-state index in [4.69, 9.17) is 16.0 Å². The van der Waals surface area contributed by atoms with Crippen molar-refractivity contribution < 1.29 is 9.21 Å². The third kappa shape index (κ3) is 4.18. The molecule has 1 N–H and O–H groups in total. The van der Waals surface area contributed by atoms with Crippen LogP contribution in [-0.4, -0.2) is 43.5 Å². The van der Waals surface area contributed by atoms with Gasteiger partial charge in [0.05, 0.1) is 12.2 Å². The molecule has 28 heavy (non-hydrogen) atoms. The van der Waals surface area contributed by atoms with Gasteiger partial charge in [-0.3, -0.25) is 9.69 Å². The molecule has 1 aliphatic rings. The van der Waals surface area contributed by atoms with Gasteiger partial charge in [0.15, 0.2) is 0 Å². The zero-order valence-electron chi connectivity index (χ0n) is 15.2. The van der Waals surface area contributed by atoms with Gasteiger partial charge in [0.2, 0.25) is 5.91 Å². The Kier molecular flexibility index (Phi) is 5.32. The van der Waals surface area contributed by atoms with Crippen molar-refractivity contribution in [3.05, 3.63) is 70.0 Å². The standard InChI is InChI=1S/C21H20ClN3O3/c22-15-4-3-5-16(12-15)23-20(26)14-24-8-10-25(11-9-24)18-13-21(27)28-19-7-2-1-6-17(18)19/h1-7,12-13H,8-11,14H2,(H,23,26). The number of nitrogens with zero attached hydrogens (tertiary/aromatic N) is 2. The van der Waals surface area contributed by atoms with Crippen molar-refractivity contribution in [1.82, 2.24) is 4.90 Å². The SMILES string of the molecule is O=C(CN1CCN(c2cc(=O)oc3ccccc23)CC1)Nc1cccc(Cl)c1. The molecule has 144 valence electrons. The summed E-state index contributed by atoms with van der Waals surface area (Å²) in [5, 5.41) is 4.39. The fourth-order valence-corrected chi connectivity index (χ4v) is 3.66. The van der Waals surface area contributed by atoms with Crippen molar-refractivity contribution in [2.75, 3.05) is 42.9 Å². The average Bonchev–Trinajstić information content (AvgIpc) is 2.68. The second-order valence-corrected chi connectivity index (χ2v) is 7.20. The molecule has 7 heteroatoms. The van der Waals surface area contributed by atoms with Gasteiger partial charge in [0.25, 0.3) is 0 Å². The highest BCUT2D eigenvalue weighted by atomic mass is 35.5. The summed E-state index contributed by atoms with van der Waals surface area (Å²) in [6.45, 7) is 3.25. The van der Waals surface area contributed by atoms with Crippen molar-refractivity contribution in [3.63, 3.8) is 0 Å². The fraction of sp³-hybridized carbons (Fsp3) is 0.238. The van der Waals surface area contributed by atoms with Crippen LogP contribution in [-0.2, 0) is 4.79 Å². The van der Waals surface area contributed by atoms with Gasteiger partial charge in [-0.2, -0.15) is 0 Å². The highest BCUT2D eigenvalue weighted by Gasteiger charge is 2.21. The molecular weight excluding hydrogens is 378 g/mol. The predicted molar refractivity (Wildman–Crippen MR) is 111 cm³/mol. The van der Waals surface area contributed by atoms with Crippen LogP contribution < -0.4 is 15.8 Å². The normalized spacial score (nSPS) is 15.0. The Hall–Kier alpha value is -2.83. The number of hydrogen-bond donors (Lipinski definition) is 1. The molecule has 2 heterocycles. The minimum atomic E-state index is -0.350. The number of carbonyl (C=O) groups excluding carboxylic acids is 1. The van der Waals surface area contributed by atoms with E-state index in [0.29, 0.717) is 22.8 Å². The van der Waals surface area contributed by atoms with Crippen LogP contribution in [0.1, 0.15) is 0 Å². The number of fused-ring (bicyclic) bond motifs is 1. The van der Waals surface area contributed by atoms with Crippen LogP contribution in [0.25, 0.3) is 11.0 Å². The van der Waals surface area contributed by atoms with Gasteiger partial charge >= 0.3 is 5.63 Å². The molecule has 1 fully saturated rings. The van der Waals surface area contributed by atoms with E-state index in [1.54, 1.807) is 30.3 Å². The summed E-state index contributed by atoms with van der Waals surface area (Å²) in [6, 6.07) is 16.2. The summed E-state index contributed by atoms with van der Waals surface area (Å²) in [4.78, 5) is 28.5. The Bertz CT molecular complexity index is 1060. The first-order chi connectivity index (χ1) is 13.6. The maximum absolute atomic E-state index is 12.3. The second-order valence-electron chi connectivity index (χ2n) is 6.77. The number of hydrogen-bond acceptors (Lipinski definition) is 5. The lowest BCUT2D eigenvalue weighted by atomic mass is 10.1. The lowest BCUT2D eigenvalue weighted by Crippen LogP contribution is -2.48. The molecule has 3 aromatic rings. The summed E-state index contributed by atoms with van der Waals surface area (Å²) >= 11 is 5.95. The Balaban J connectivity index is 1.39. The lowest BCUT2D eigenvalue weighted by Gasteiger charge is -2.36. The summed E-state index contributed by atoms with van der Waals surface area (Å²) in [5.41, 5.74) is 1.82. The van der Waals surface area contributed by atoms with Crippen LogP contribution in [0.15, 0.2) is 63.8 Å². The van der Waals surface area contributed by atoms with Crippen molar-refractivity contribution >= 4 is 39.9 Å². The largest absolute Gasteiger partial charge is 0.423 e. The molecule has 1 aliphatic heterocycles. The van der Waals surface area contributed by atoms with Crippen LogP contribution in [0.3, 0.4) is 0 Å². The number of nitrogens with one attached hydrogen (secondary N) is 1. The molecule has 4 rings (SSSR count). The van der Waals surface area contributed by atoms with Gasteiger partial charge in [0.1, 0.15) is 5.58 Å². The number of benzene rings is 2. The third-order valence-corrected chi connectivity index (χ3v) is 5.05. The molecule has 0 bridgehead atoms. The van der Waals surface area contributed by atoms with E-state index in [-0.39, 0.29) is 11.5 Å². The van der Waals surface area contributed by atoms with Crippen molar-refractivity contribution in [3.8, 4) is 0 Å². The maximum atomic E-state index is 12.3. The molecule has 1 aromatic heterocycles. The lowest BCUT2D eigenvalue weighted by molar-refractivity contribution is -0.117. The Morgan fingerprint density at radius 3 is 2.61 bits per heavy atom. The predicted octanol–water partition coefficient (Wildman–Crippen LogP) is 3.21. The van der Waals surface area contributed by atoms with E-state index in [1.807, 2.05) is 24.3 Å². The van der Waals surface area contributed by atoms with Gasteiger partial charge in [0, 0.05) is 48.3 Å². The summed E-state index contributed by atoms with van der Waals surface area (Å²) in [6.07, 6.45) is 0. The average molecular weight is 398 g/mol. The fourth-order valence-electron chi connectivity index (χ4n) is 3.47. The molecule has 0 atom stereocenters. The monoisotopic (exact) mass is 397 g/mol. The Morgan fingerprint density at radius 1 is 1.04 bits per heavy atom. The molecule has 6 nitrogen and oxygen atoms in total. The minimum Gasteiger partial charge on any atom is -0.423 e. The molecule has 1 amide bonds. The van der Waals surface area contributed by atoms with Crippen LogP contribution in [0.4, 0.5) is 11.4 Å². The number of carbonyl (C=O) groups is 1. The minimum absolute atomic E-state index is 0.0680. The van der Waals surface area contributed by atoms with E-state index in [1.165, 1.54) is 0 Å². The van der Waals surface area contributed by atoms with Gasteiger partial charge in [-0.1, -0.05) is 29.8 Å². The molecule has 0 spiro atoms. The van der Waals surface area contributed by atoms with Gasteiger partial charge in [-0.05, 0) is 30.3 Å². The highest BCUT2D eigenvalue weighted by Crippen LogP contribution is 2.25. The topological polar surface area (TPSA) is 65.8 Å². The van der Waals surface area contributed by atoms with Crippen molar-refractivity contribution in [1.29, 1.82) is 0 Å². The molecule has 0 unspecified atom stereocenters. The van der Waals surface area contributed by atoms with Gasteiger partial charge in [-0.25, -0.2) is 4.79 Å². The van der Waals surface area contributed by atoms with Crippen LogP contribution in [0.5, 0.6) is 0 Å². The Morgan fingerprint density at radius 2 is 1.82 bits per heavy atom. The molecular formula is C21H20ClN3O3. The zero-order valence-corrected chi connectivity index (χ0v) is 16.0. The maximum Gasteiger partial charge on any atom is 0.338 e. The number of para-hydroxylation sites is 1. The van der Waals surface area contributed by atoms with Crippen molar-refractivity contribution in [2.24, 2.45) is 0 Å². The van der Waals surface area contributed by atoms with E-state index in [9.17, 15) is 9.59 Å². The number of amides is 1. The summed E-state index contributed by atoms with van der Waals surface area (Å²) in [5.74, 6) is -0.0680. The Labute approximate surface area is 167 Å². The smallest absolute Gasteiger partial charge is 0.338 e. The van der Waals surface area contributed by atoms with Crippen LogP contribution in [0, 0.1) is 0 Å². The number of piperazine rings is 1. The van der Waals surface area contributed by atoms with Gasteiger partial charge in [-0.15, -0.1) is 0 Å². The summed E-state index contributed by atoms with van der Waals surface area (Å²) < 4.78 is 5.28. The molecule has 1 saturated heterocycles. The third-order valence-electron chi connectivity index (χ3n) is 4.82. The first kappa shape index (κ1) is 18.5. The van der Waals surface area contributed by atoms with E-state index < -0.39 is 0 Å².